The maximum Gasteiger partial charge on any atom is 0.246 e. The number of rotatable bonds is 3. The summed E-state index contributed by atoms with van der Waals surface area (Å²) >= 11 is 0. The van der Waals surface area contributed by atoms with Crippen LogP contribution in [-0.4, -0.2) is 55.0 Å². The smallest absolute Gasteiger partial charge is 0.246 e. The number of aromatic nitrogens is 1. The molecule has 0 aliphatic carbocycles. The fraction of sp³-hybridized carbons (Fsp3) is 0.643. The molecule has 3 heterocycles. The van der Waals surface area contributed by atoms with E-state index in [0.29, 0.717) is 13.0 Å². The van der Waals surface area contributed by atoms with Gasteiger partial charge in [0.05, 0.1) is 0 Å². The van der Waals surface area contributed by atoms with Gasteiger partial charge in [0, 0.05) is 12.6 Å². The van der Waals surface area contributed by atoms with Gasteiger partial charge >= 0.3 is 0 Å². The maximum absolute atomic E-state index is 12.6. The van der Waals surface area contributed by atoms with Crippen molar-refractivity contribution >= 4 is 21.8 Å². The zero-order chi connectivity index (χ0) is 17.6. The molecule has 10 heteroatoms. The van der Waals surface area contributed by atoms with Crippen LogP contribution in [0.4, 0.5) is 0 Å². The molecular formula is C14H20N4O5S. The number of piperazine rings is 1. The van der Waals surface area contributed by atoms with Gasteiger partial charge in [-0.3, -0.25) is 9.59 Å². The highest BCUT2D eigenvalue weighted by Gasteiger charge is 2.43. The van der Waals surface area contributed by atoms with Crippen LogP contribution >= 0.6 is 0 Å². The zero-order valence-corrected chi connectivity index (χ0v) is 14.5. The predicted molar refractivity (Wildman–Crippen MR) is 82.4 cm³/mol. The second kappa shape index (κ2) is 5.85. The first-order valence-electron chi connectivity index (χ1n) is 7.76. The fourth-order valence-corrected chi connectivity index (χ4v) is 4.95. The van der Waals surface area contributed by atoms with Crippen LogP contribution in [0.1, 0.15) is 31.2 Å². The van der Waals surface area contributed by atoms with Crippen molar-refractivity contribution < 1.29 is 22.5 Å². The third kappa shape index (κ3) is 2.80. The van der Waals surface area contributed by atoms with Crippen LogP contribution in [-0.2, 0) is 19.6 Å². The molecule has 9 nitrogen and oxygen atoms in total. The van der Waals surface area contributed by atoms with E-state index in [-0.39, 0.29) is 34.6 Å². The minimum Gasteiger partial charge on any atom is -0.360 e. The lowest BCUT2D eigenvalue weighted by Crippen LogP contribution is -2.66. The average molecular weight is 356 g/mol. The minimum absolute atomic E-state index is 0.0303. The van der Waals surface area contributed by atoms with Crippen LogP contribution in [0, 0.1) is 13.8 Å². The molecule has 132 valence electrons. The van der Waals surface area contributed by atoms with E-state index >= 15 is 0 Å². The van der Waals surface area contributed by atoms with Crippen molar-refractivity contribution in [3.05, 3.63) is 11.5 Å². The highest BCUT2D eigenvalue weighted by molar-refractivity contribution is 7.89. The topological polar surface area (TPSA) is 122 Å². The molecule has 2 aliphatic heterocycles. The van der Waals surface area contributed by atoms with Gasteiger partial charge in [-0.2, -0.15) is 0 Å². The molecule has 2 fully saturated rings. The van der Waals surface area contributed by atoms with E-state index in [1.165, 1.54) is 11.8 Å². The molecule has 0 bridgehead atoms. The van der Waals surface area contributed by atoms with Crippen LogP contribution in [0.25, 0.3) is 0 Å². The van der Waals surface area contributed by atoms with E-state index in [4.69, 9.17) is 4.52 Å². The number of carbonyl (C=O) groups excluding carboxylic acids is 2. The van der Waals surface area contributed by atoms with E-state index in [2.05, 4.69) is 15.2 Å². The summed E-state index contributed by atoms with van der Waals surface area (Å²) in [6, 6.07) is -1.61. The van der Waals surface area contributed by atoms with Crippen LogP contribution < -0.4 is 10.0 Å². The van der Waals surface area contributed by atoms with Gasteiger partial charge in [-0.15, -0.1) is 0 Å². The Hall–Kier alpha value is -1.94. The van der Waals surface area contributed by atoms with Gasteiger partial charge in [-0.1, -0.05) is 5.16 Å². The molecule has 3 unspecified atom stereocenters. The molecule has 2 N–H and O–H groups in total. The average Bonchev–Trinajstić information content (AvgIpc) is 2.84. The summed E-state index contributed by atoms with van der Waals surface area (Å²) < 4.78 is 32.7. The Bertz CT molecular complexity index is 768. The van der Waals surface area contributed by atoms with Crippen molar-refractivity contribution in [2.45, 2.75) is 56.6 Å². The van der Waals surface area contributed by atoms with E-state index in [1.807, 2.05) is 0 Å². The molecule has 2 amide bonds. The summed E-state index contributed by atoms with van der Waals surface area (Å²) in [5.74, 6) is -0.160. The molecule has 0 saturated carbocycles. The van der Waals surface area contributed by atoms with Crippen LogP contribution in [0.5, 0.6) is 0 Å². The van der Waals surface area contributed by atoms with Crippen LogP contribution in [0.3, 0.4) is 0 Å². The van der Waals surface area contributed by atoms with E-state index in [0.717, 1.165) is 0 Å². The van der Waals surface area contributed by atoms with E-state index < -0.39 is 28.1 Å². The first-order valence-corrected chi connectivity index (χ1v) is 9.25. The Balaban J connectivity index is 1.77. The largest absolute Gasteiger partial charge is 0.360 e. The molecule has 2 saturated heterocycles. The summed E-state index contributed by atoms with van der Waals surface area (Å²) in [5, 5.41) is 6.29. The van der Waals surface area contributed by atoms with Gasteiger partial charge in [0.2, 0.25) is 21.8 Å². The molecule has 3 rings (SSSR count). The third-order valence-corrected chi connectivity index (χ3v) is 6.24. The summed E-state index contributed by atoms with van der Waals surface area (Å²) in [5.41, 5.74) is 0.289. The van der Waals surface area contributed by atoms with Crippen molar-refractivity contribution in [3.63, 3.8) is 0 Å². The summed E-state index contributed by atoms with van der Waals surface area (Å²) in [6.07, 6.45) is 0.692. The molecule has 1 aromatic rings. The van der Waals surface area contributed by atoms with Crippen molar-refractivity contribution in [3.8, 4) is 0 Å². The van der Waals surface area contributed by atoms with Gasteiger partial charge in [0.25, 0.3) is 0 Å². The van der Waals surface area contributed by atoms with Crippen molar-refractivity contribution in [2.75, 3.05) is 6.54 Å². The number of nitrogens with zero attached hydrogens (tertiary/aromatic N) is 2. The lowest BCUT2D eigenvalue weighted by Gasteiger charge is -2.43. The summed E-state index contributed by atoms with van der Waals surface area (Å²) in [7, 11) is -3.80. The van der Waals surface area contributed by atoms with E-state index in [9.17, 15) is 18.0 Å². The quantitative estimate of drug-likeness (QED) is 0.749. The minimum atomic E-state index is -3.80. The third-order valence-electron chi connectivity index (χ3n) is 4.48. The monoisotopic (exact) mass is 356 g/mol. The Kier molecular flexibility index (Phi) is 4.12. The molecular weight excluding hydrogens is 336 g/mol. The zero-order valence-electron chi connectivity index (χ0n) is 13.7. The molecule has 1 aromatic heterocycles. The highest BCUT2D eigenvalue weighted by Crippen LogP contribution is 2.25. The lowest BCUT2D eigenvalue weighted by molar-refractivity contribution is -0.151. The Morgan fingerprint density at radius 2 is 2.04 bits per heavy atom. The number of aryl methyl sites for hydroxylation is 2. The van der Waals surface area contributed by atoms with Crippen molar-refractivity contribution in [1.29, 1.82) is 0 Å². The fourth-order valence-electron chi connectivity index (χ4n) is 3.34. The van der Waals surface area contributed by atoms with Crippen molar-refractivity contribution in [1.82, 2.24) is 20.1 Å². The molecule has 3 atom stereocenters. The Morgan fingerprint density at radius 1 is 1.33 bits per heavy atom. The van der Waals surface area contributed by atoms with Crippen molar-refractivity contribution in [2.24, 2.45) is 0 Å². The maximum atomic E-state index is 12.6. The number of hydrogen-bond acceptors (Lipinski definition) is 6. The second-order valence-electron chi connectivity index (χ2n) is 6.27. The summed E-state index contributed by atoms with van der Waals surface area (Å²) in [6.45, 7) is 5.08. The van der Waals surface area contributed by atoms with Gasteiger partial charge in [0.15, 0.2) is 5.76 Å². The van der Waals surface area contributed by atoms with Crippen LogP contribution in [0.2, 0.25) is 0 Å². The number of fused-ring (bicyclic) bond motifs is 1. The number of amides is 2. The standard InChI is InChI=1S/C14H20N4O5S/c1-7-12(9(3)23-16-7)24(21,22)17-10-4-5-18-11(6-10)13(19)15-8(2)14(18)20/h8,10-11,17H,4-6H2,1-3H3,(H,15,19). The Morgan fingerprint density at radius 3 is 2.67 bits per heavy atom. The number of piperidine rings is 1. The van der Waals surface area contributed by atoms with Gasteiger partial charge in [0.1, 0.15) is 22.7 Å². The van der Waals surface area contributed by atoms with Crippen LogP contribution in [0.15, 0.2) is 9.42 Å². The normalized spacial score (nSPS) is 27.8. The molecule has 2 aliphatic rings. The molecule has 0 aromatic carbocycles. The highest BCUT2D eigenvalue weighted by atomic mass is 32.2. The SMILES string of the molecule is Cc1noc(C)c1S(=O)(=O)NC1CCN2C(=O)C(C)NC(=O)C2C1. The van der Waals surface area contributed by atoms with E-state index in [1.54, 1.807) is 13.8 Å². The summed E-state index contributed by atoms with van der Waals surface area (Å²) in [4.78, 5) is 25.8. The first kappa shape index (κ1) is 16.9. The first-order chi connectivity index (χ1) is 11.2. The van der Waals surface area contributed by atoms with Gasteiger partial charge < -0.3 is 14.7 Å². The number of hydrogen-bond donors (Lipinski definition) is 2. The number of nitrogens with one attached hydrogen (secondary N) is 2. The molecule has 24 heavy (non-hydrogen) atoms. The van der Waals surface area contributed by atoms with Gasteiger partial charge in [-0.25, -0.2) is 13.1 Å². The molecule has 0 radical (unpaired) electrons. The number of sulfonamides is 1. The second-order valence-corrected chi connectivity index (χ2v) is 7.92. The Labute approximate surface area is 139 Å². The lowest BCUT2D eigenvalue weighted by atomic mass is 9.94. The number of carbonyl (C=O) groups is 2. The van der Waals surface area contributed by atoms with Gasteiger partial charge in [-0.05, 0) is 33.6 Å². The predicted octanol–water partition coefficient (Wildman–Crippen LogP) is -0.552. The molecule has 0 spiro atoms.